The minimum atomic E-state index is -0.953. The zero-order valence-corrected chi connectivity index (χ0v) is 20.3. The van der Waals surface area contributed by atoms with Crippen LogP contribution in [-0.2, 0) is 4.74 Å². The molecule has 0 bridgehead atoms. The molecule has 6 rings (SSSR count). The van der Waals surface area contributed by atoms with Crippen LogP contribution in [0.1, 0.15) is 30.6 Å². The average molecular weight is 550 g/mol. The van der Waals surface area contributed by atoms with Crippen molar-refractivity contribution in [2.24, 2.45) is 5.41 Å². The van der Waals surface area contributed by atoms with Gasteiger partial charge in [0.25, 0.3) is 0 Å². The number of aromatic nitrogens is 4. The Morgan fingerprint density at radius 2 is 1.94 bits per heavy atom. The predicted octanol–water partition coefficient (Wildman–Crippen LogP) is 4.86. The van der Waals surface area contributed by atoms with E-state index in [-0.39, 0.29) is 12.1 Å². The van der Waals surface area contributed by atoms with Gasteiger partial charge in [-0.15, -0.1) is 0 Å². The highest BCUT2D eigenvalue weighted by Crippen LogP contribution is 2.55. The molecule has 170 valence electrons. The average Bonchev–Trinajstić information content (AvgIpc) is 3.48. The van der Waals surface area contributed by atoms with Gasteiger partial charge in [-0.05, 0) is 52.5 Å². The Kier molecular flexibility index (Phi) is 5.17. The summed E-state index contributed by atoms with van der Waals surface area (Å²) < 4.78 is 8.81. The fourth-order valence-electron chi connectivity index (χ4n) is 5.35. The van der Waals surface area contributed by atoms with Crippen LogP contribution in [0.15, 0.2) is 47.3 Å². The molecule has 1 saturated heterocycles. The Labute approximate surface area is 207 Å². The summed E-state index contributed by atoms with van der Waals surface area (Å²) in [6.07, 6.45) is 2.31. The molecule has 1 aliphatic carbocycles. The van der Waals surface area contributed by atoms with Crippen molar-refractivity contribution in [3.8, 4) is 0 Å². The molecule has 5 atom stereocenters. The maximum Gasteiger partial charge on any atom is 0.145 e. The molecule has 10 heteroatoms. The SMILES string of the molecule is OC1C(n2ccc3c(Cl)ncnc32)CC2(COC(c3ccc4cc(Br)c(Cl)nc4c3)C2)C1O. The van der Waals surface area contributed by atoms with E-state index in [1.54, 1.807) is 0 Å². The van der Waals surface area contributed by atoms with Crippen molar-refractivity contribution < 1.29 is 14.9 Å². The first-order valence-corrected chi connectivity index (χ1v) is 12.1. The first kappa shape index (κ1) is 21.7. The highest BCUT2D eigenvalue weighted by molar-refractivity contribution is 9.10. The summed E-state index contributed by atoms with van der Waals surface area (Å²) in [5.74, 6) is 0. The third-order valence-corrected chi connectivity index (χ3v) is 8.49. The van der Waals surface area contributed by atoms with Crippen LogP contribution < -0.4 is 0 Å². The van der Waals surface area contributed by atoms with E-state index in [1.165, 1.54) is 6.33 Å². The normalized spacial score (nSPS) is 29.6. The lowest BCUT2D eigenvalue weighted by Crippen LogP contribution is -2.37. The summed E-state index contributed by atoms with van der Waals surface area (Å²) in [6, 6.07) is 9.41. The molecule has 0 amide bonds. The molecule has 4 heterocycles. The first-order valence-electron chi connectivity index (χ1n) is 10.6. The largest absolute Gasteiger partial charge is 0.390 e. The maximum absolute atomic E-state index is 11.1. The minimum absolute atomic E-state index is 0.211. The molecule has 7 nitrogen and oxygen atoms in total. The summed E-state index contributed by atoms with van der Waals surface area (Å²) in [5, 5.41) is 24.6. The van der Waals surface area contributed by atoms with E-state index in [2.05, 4.69) is 30.9 Å². The first-order chi connectivity index (χ1) is 15.9. The van der Waals surface area contributed by atoms with Gasteiger partial charge in [0.15, 0.2) is 0 Å². The zero-order valence-electron chi connectivity index (χ0n) is 17.2. The Hall–Kier alpha value is -1.81. The van der Waals surface area contributed by atoms with E-state index in [1.807, 2.05) is 41.1 Å². The Bertz CT molecular complexity index is 1400. The molecule has 1 aromatic carbocycles. The molecule has 33 heavy (non-hydrogen) atoms. The second kappa shape index (κ2) is 7.86. The van der Waals surface area contributed by atoms with Crippen molar-refractivity contribution in [2.75, 3.05) is 6.61 Å². The van der Waals surface area contributed by atoms with Crippen LogP contribution in [0.25, 0.3) is 21.9 Å². The van der Waals surface area contributed by atoms with Gasteiger partial charge < -0.3 is 19.5 Å². The van der Waals surface area contributed by atoms with E-state index >= 15 is 0 Å². The van der Waals surface area contributed by atoms with Gasteiger partial charge in [0.05, 0.1) is 40.2 Å². The lowest BCUT2D eigenvalue weighted by atomic mass is 9.80. The van der Waals surface area contributed by atoms with Crippen molar-refractivity contribution in [1.82, 2.24) is 19.5 Å². The van der Waals surface area contributed by atoms with E-state index < -0.39 is 17.6 Å². The maximum atomic E-state index is 11.1. The Morgan fingerprint density at radius 1 is 1.09 bits per heavy atom. The number of halogens is 3. The molecule has 5 unspecified atom stereocenters. The van der Waals surface area contributed by atoms with Crippen molar-refractivity contribution >= 4 is 61.1 Å². The third-order valence-electron chi connectivity index (χ3n) is 7.07. The molecule has 4 aromatic rings. The second-order valence-corrected chi connectivity index (χ2v) is 10.5. The summed E-state index contributed by atoms with van der Waals surface area (Å²) >= 11 is 15.8. The fourth-order valence-corrected chi connectivity index (χ4v) is 6.02. The van der Waals surface area contributed by atoms with Gasteiger partial charge in [-0.25, -0.2) is 15.0 Å². The number of hydrogen-bond donors (Lipinski definition) is 2. The number of aliphatic hydroxyl groups excluding tert-OH is 2. The lowest BCUT2D eigenvalue weighted by molar-refractivity contribution is -0.0309. The van der Waals surface area contributed by atoms with E-state index in [0.29, 0.717) is 35.4 Å². The van der Waals surface area contributed by atoms with Crippen LogP contribution in [0.2, 0.25) is 10.3 Å². The van der Waals surface area contributed by atoms with Gasteiger partial charge in [0.1, 0.15) is 28.4 Å². The quantitative estimate of drug-likeness (QED) is 0.274. The van der Waals surface area contributed by atoms with E-state index in [0.717, 1.165) is 26.3 Å². The number of pyridine rings is 1. The Morgan fingerprint density at radius 3 is 2.79 bits per heavy atom. The highest BCUT2D eigenvalue weighted by atomic mass is 79.9. The number of rotatable bonds is 2. The monoisotopic (exact) mass is 548 g/mol. The van der Waals surface area contributed by atoms with Gasteiger partial charge in [-0.3, -0.25) is 0 Å². The van der Waals surface area contributed by atoms with Crippen molar-refractivity contribution in [1.29, 1.82) is 0 Å². The van der Waals surface area contributed by atoms with Crippen LogP contribution in [0, 0.1) is 5.41 Å². The number of hydrogen-bond acceptors (Lipinski definition) is 6. The Balaban J connectivity index is 1.30. The second-order valence-electron chi connectivity index (χ2n) is 8.91. The predicted molar refractivity (Wildman–Crippen MR) is 128 cm³/mol. The van der Waals surface area contributed by atoms with Crippen LogP contribution in [0.3, 0.4) is 0 Å². The number of nitrogens with zero attached hydrogens (tertiary/aromatic N) is 4. The molecule has 2 aliphatic rings. The zero-order chi connectivity index (χ0) is 22.9. The number of aliphatic hydroxyl groups is 2. The molecule has 1 aliphatic heterocycles. The van der Waals surface area contributed by atoms with Crippen LogP contribution in [-0.4, -0.2) is 48.5 Å². The molecular weight excluding hydrogens is 531 g/mol. The number of fused-ring (bicyclic) bond motifs is 2. The van der Waals surface area contributed by atoms with E-state index in [9.17, 15) is 10.2 Å². The number of benzene rings is 1. The van der Waals surface area contributed by atoms with Crippen molar-refractivity contribution in [2.45, 2.75) is 37.2 Å². The summed E-state index contributed by atoms with van der Waals surface area (Å²) in [4.78, 5) is 12.8. The van der Waals surface area contributed by atoms with E-state index in [4.69, 9.17) is 27.9 Å². The topological polar surface area (TPSA) is 93.3 Å². The molecule has 1 spiro atoms. The van der Waals surface area contributed by atoms with Crippen LogP contribution >= 0.6 is 39.1 Å². The van der Waals surface area contributed by atoms with Gasteiger partial charge in [-0.2, -0.15) is 0 Å². The van der Waals surface area contributed by atoms with Crippen molar-refractivity contribution in [3.63, 3.8) is 0 Å². The molecule has 0 radical (unpaired) electrons. The van der Waals surface area contributed by atoms with Crippen LogP contribution in [0.4, 0.5) is 0 Å². The fraction of sp³-hybridized carbons (Fsp3) is 0.348. The molecular formula is C23H19BrCl2N4O3. The summed E-state index contributed by atoms with van der Waals surface area (Å²) in [7, 11) is 0. The summed E-state index contributed by atoms with van der Waals surface area (Å²) in [5.41, 5.74) is 1.83. The van der Waals surface area contributed by atoms with Gasteiger partial charge in [0.2, 0.25) is 0 Å². The van der Waals surface area contributed by atoms with Crippen LogP contribution in [0.5, 0.6) is 0 Å². The molecule has 2 fully saturated rings. The molecule has 1 saturated carbocycles. The smallest absolute Gasteiger partial charge is 0.145 e. The third kappa shape index (κ3) is 3.38. The standard InChI is InChI=1S/C23H19BrCl2N4O3/c24-14-5-11-1-2-12(6-15(11)29-21(14)26)17-8-23(9-33-17)7-16(18(31)19(23)32)30-4-3-13-20(25)27-10-28-22(13)30/h1-6,10,16-19,31-32H,7-9H2. The molecule has 2 N–H and O–H groups in total. The number of ether oxygens (including phenoxy) is 1. The lowest BCUT2D eigenvalue weighted by Gasteiger charge is -2.26. The summed E-state index contributed by atoms with van der Waals surface area (Å²) in [6.45, 7) is 0.355. The highest BCUT2D eigenvalue weighted by Gasteiger charge is 2.57. The molecule has 3 aromatic heterocycles. The van der Waals surface area contributed by atoms with Gasteiger partial charge >= 0.3 is 0 Å². The minimum Gasteiger partial charge on any atom is -0.390 e. The van der Waals surface area contributed by atoms with Crippen molar-refractivity contribution in [3.05, 3.63) is 63.2 Å². The van der Waals surface area contributed by atoms with Gasteiger partial charge in [0, 0.05) is 17.0 Å². The van der Waals surface area contributed by atoms with Gasteiger partial charge in [-0.1, -0.05) is 35.3 Å².